The number of halogens is 2. The van der Waals surface area contributed by atoms with E-state index in [9.17, 15) is 18.8 Å². The number of benzene rings is 2. The van der Waals surface area contributed by atoms with Crippen LogP contribution in [0.3, 0.4) is 0 Å². The van der Waals surface area contributed by atoms with Crippen molar-refractivity contribution in [3.63, 3.8) is 0 Å². The average Bonchev–Trinajstić information content (AvgIpc) is 3.01. The number of hydrogen-bond donors (Lipinski definition) is 1. The van der Waals surface area contributed by atoms with Crippen LogP contribution in [-0.2, 0) is 9.59 Å². The number of anilines is 1. The number of hydrogen-bond acceptors (Lipinski definition) is 3. The highest BCUT2D eigenvalue weighted by Gasteiger charge is 2.37. The van der Waals surface area contributed by atoms with Crippen LogP contribution in [0.4, 0.5) is 14.9 Å². The minimum absolute atomic E-state index is 0.191. The smallest absolute Gasteiger partial charge is 0.318 e. The lowest BCUT2D eigenvalue weighted by atomic mass is 10.1. The Morgan fingerprint density at radius 2 is 1.72 bits per heavy atom. The highest BCUT2D eigenvalue weighted by atomic mass is 35.5. The van der Waals surface area contributed by atoms with Crippen LogP contribution in [0.2, 0.25) is 5.02 Å². The SMILES string of the molecule is Cc1c(Cl)cccc1N1C(=O)NC(=O)/C(=C\c2cc(C)n(-c3cccc(F)c3)c2C)C1=O. The number of carbonyl (C=O) groups is 3. The summed E-state index contributed by atoms with van der Waals surface area (Å²) in [5.41, 5.74) is 3.37. The molecule has 162 valence electrons. The number of aromatic nitrogens is 1. The molecule has 1 saturated heterocycles. The second-order valence-electron chi connectivity index (χ2n) is 7.48. The Morgan fingerprint density at radius 3 is 2.44 bits per heavy atom. The first-order valence-electron chi connectivity index (χ1n) is 9.80. The second-order valence-corrected chi connectivity index (χ2v) is 7.89. The number of aryl methyl sites for hydroxylation is 1. The van der Waals surface area contributed by atoms with Crippen LogP contribution in [0.1, 0.15) is 22.5 Å². The molecule has 2 heterocycles. The van der Waals surface area contributed by atoms with Gasteiger partial charge in [-0.3, -0.25) is 14.9 Å². The zero-order valence-electron chi connectivity index (χ0n) is 17.6. The van der Waals surface area contributed by atoms with Crippen LogP contribution in [0.5, 0.6) is 0 Å². The predicted molar refractivity (Wildman–Crippen MR) is 120 cm³/mol. The minimum Gasteiger partial charge on any atom is -0.318 e. The maximum Gasteiger partial charge on any atom is 0.335 e. The number of imide groups is 2. The van der Waals surface area contributed by atoms with Gasteiger partial charge in [0.05, 0.1) is 5.69 Å². The van der Waals surface area contributed by atoms with Gasteiger partial charge in [0.2, 0.25) is 0 Å². The molecule has 3 aromatic rings. The van der Waals surface area contributed by atoms with Gasteiger partial charge < -0.3 is 4.57 Å². The molecule has 0 aliphatic carbocycles. The highest BCUT2D eigenvalue weighted by Crippen LogP contribution is 2.30. The Bertz CT molecular complexity index is 1330. The maximum absolute atomic E-state index is 13.7. The Morgan fingerprint density at radius 1 is 1.00 bits per heavy atom. The monoisotopic (exact) mass is 451 g/mol. The topological polar surface area (TPSA) is 71.4 Å². The lowest BCUT2D eigenvalue weighted by Crippen LogP contribution is -2.54. The van der Waals surface area contributed by atoms with Crippen molar-refractivity contribution in [3.05, 3.63) is 87.5 Å². The second kappa shape index (κ2) is 8.09. The lowest BCUT2D eigenvalue weighted by molar-refractivity contribution is -0.122. The van der Waals surface area contributed by atoms with Crippen molar-refractivity contribution in [1.29, 1.82) is 0 Å². The van der Waals surface area contributed by atoms with E-state index in [1.807, 2.05) is 11.5 Å². The normalized spacial score (nSPS) is 15.5. The quantitative estimate of drug-likeness (QED) is 0.456. The first-order chi connectivity index (χ1) is 15.2. The third-order valence-corrected chi connectivity index (χ3v) is 5.83. The molecular weight excluding hydrogens is 433 g/mol. The Labute approximate surface area is 188 Å². The van der Waals surface area contributed by atoms with Crippen molar-refractivity contribution in [3.8, 4) is 5.69 Å². The van der Waals surface area contributed by atoms with E-state index < -0.39 is 17.8 Å². The number of nitrogens with zero attached hydrogens (tertiary/aromatic N) is 2. The van der Waals surface area contributed by atoms with Crippen molar-refractivity contribution in [1.82, 2.24) is 9.88 Å². The van der Waals surface area contributed by atoms with E-state index in [2.05, 4.69) is 5.32 Å². The maximum atomic E-state index is 13.7. The number of barbiturate groups is 1. The Balaban J connectivity index is 1.79. The molecule has 0 saturated carbocycles. The van der Waals surface area contributed by atoms with E-state index in [-0.39, 0.29) is 11.4 Å². The van der Waals surface area contributed by atoms with Crippen molar-refractivity contribution in [2.24, 2.45) is 0 Å². The van der Waals surface area contributed by atoms with Crippen LogP contribution < -0.4 is 10.2 Å². The molecule has 0 bridgehead atoms. The van der Waals surface area contributed by atoms with Crippen LogP contribution in [0.25, 0.3) is 11.8 Å². The van der Waals surface area contributed by atoms with Crippen LogP contribution in [0, 0.1) is 26.6 Å². The summed E-state index contributed by atoms with van der Waals surface area (Å²) >= 11 is 6.15. The zero-order chi connectivity index (χ0) is 23.2. The molecule has 1 N–H and O–H groups in total. The van der Waals surface area contributed by atoms with E-state index in [4.69, 9.17) is 11.6 Å². The summed E-state index contributed by atoms with van der Waals surface area (Å²) in [7, 11) is 0. The minimum atomic E-state index is -0.840. The first-order valence-corrected chi connectivity index (χ1v) is 10.2. The fourth-order valence-corrected chi connectivity index (χ4v) is 3.99. The molecule has 1 aliphatic heterocycles. The Hall–Kier alpha value is -3.71. The predicted octanol–water partition coefficient (Wildman–Crippen LogP) is 4.86. The molecular formula is C24H19ClFN3O3. The fraction of sp³-hybridized carbons (Fsp3) is 0.125. The molecule has 0 spiro atoms. The van der Waals surface area contributed by atoms with Gasteiger partial charge in [-0.15, -0.1) is 0 Å². The molecule has 1 aliphatic rings. The summed E-state index contributed by atoms with van der Waals surface area (Å²) in [5, 5.41) is 2.61. The van der Waals surface area contributed by atoms with Crippen LogP contribution in [-0.4, -0.2) is 22.4 Å². The van der Waals surface area contributed by atoms with E-state index in [1.54, 1.807) is 50.2 Å². The molecule has 8 heteroatoms. The van der Waals surface area contributed by atoms with Crippen LogP contribution in [0.15, 0.2) is 54.1 Å². The molecule has 32 heavy (non-hydrogen) atoms. The summed E-state index contributed by atoms with van der Waals surface area (Å²) in [5.74, 6) is -1.91. The fourth-order valence-electron chi connectivity index (χ4n) is 3.82. The number of amides is 4. The summed E-state index contributed by atoms with van der Waals surface area (Å²) in [6.45, 7) is 5.33. The number of rotatable bonds is 3. The number of urea groups is 1. The molecule has 1 aromatic heterocycles. The van der Waals surface area contributed by atoms with Crippen molar-refractivity contribution in [2.75, 3.05) is 4.90 Å². The first kappa shape index (κ1) is 21.5. The molecule has 2 aromatic carbocycles. The van der Waals surface area contributed by atoms with Gasteiger partial charge in [-0.2, -0.15) is 0 Å². The third kappa shape index (κ3) is 3.61. The van der Waals surface area contributed by atoms with E-state index in [1.165, 1.54) is 18.2 Å². The molecule has 0 atom stereocenters. The number of nitrogens with one attached hydrogen (secondary N) is 1. The van der Waals surface area contributed by atoms with Gasteiger partial charge in [0.1, 0.15) is 11.4 Å². The van der Waals surface area contributed by atoms with E-state index in [0.717, 1.165) is 10.6 Å². The third-order valence-electron chi connectivity index (χ3n) is 5.42. The van der Waals surface area contributed by atoms with Crippen molar-refractivity contribution < 1.29 is 18.8 Å². The Kier molecular flexibility index (Phi) is 5.44. The molecule has 4 rings (SSSR count). The lowest BCUT2D eigenvalue weighted by Gasteiger charge is -2.27. The number of carbonyl (C=O) groups excluding carboxylic acids is 3. The standard InChI is InChI=1S/C24H19ClFN3O3/c1-13-10-16(15(3)28(13)18-7-4-6-17(26)12-18)11-19-22(30)27-24(32)29(23(19)31)21-9-5-8-20(25)14(21)2/h4-12H,1-3H3,(H,27,30,32)/b19-11+. The van der Waals surface area contributed by atoms with Gasteiger partial charge in [-0.1, -0.05) is 23.7 Å². The van der Waals surface area contributed by atoms with Gasteiger partial charge in [-0.25, -0.2) is 14.1 Å². The van der Waals surface area contributed by atoms with Gasteiger partial charge in [-0.05, 0) is 74.4 Å². The van der Waals surface area contributed by atoms with Crippen molar-refractivity contribution >= 4 is 41.2 Å². The van der Waals surface area contributed by atoms with Gasteiger partial charge in [0, 0.05) is 22.1 Å². The summed E-state index contributed by atoms with van der Waals surface area (Å²) in [6.07, 6.45) is 1.44. The van der Waals surface area contributed by atoms with Crippen LogP contribution >= 0.6 is 11.6 Å². The molecule has 4 amide bonds. The van der Waals surface area contributed by atoms with Gasteiger partial charge >= 0.3 is 6.03 Å². The summed E-state index contributed by atoms with van der Waals surface area (Å²) in [4.78, 5) is 39.1. The zero-order valence-corrected chi connectivity index (χ0v) is 18.3. The summed E-state index contributed by atoms with van der Waals surface area (Å²) < 4.78 is 15.6. The molecule has 1 fully saturated rings. The largest absolute Gasteiger partial charge is 0.335 e. The van der Waals surface area contributed by atoms with E-state index >= 15 is 0 Å². The molecule has 6 nitrogen and oxygen atoms in total. The van der Waals surface area contributed by atoms with E-state index in [0.29, 0.717) is 33.2 Å². The van der Waals surface area contributed by atoms with Crippen molar-refractivity contribution in [2.45, 2.75) is 20.8 Å². The average molecular weight is 452 g/mol. The van der Waals surface area contributed by atoms with Gasteiger partial charge in [0.15, 0.2) is 0 Å². The molecule has 0 radical (unpaired) electrons. The summed E-state index contributed by atoms with van der Waals surface area (Å²) in [6, 6.07) is 11.9. The van der Waals surface area contributed by atoms with Gasteiger partial charge in [0.25, 0.3) is 11.8 Å². The molecule has 0 unspecified atom stereocenters. The highest BCUT2D eigenvalue weighted by molar-refractivity contribution is 6.40.